The molecule has 8 aromatic carbocycles. The van der Waals surface area contributed by atoms with Crippen LogP contribution in [0.2, 0.25) is 0 Å². The molecule has 0 fully saturated rings. The summed E-state index contributed by atoms with van der Waals surface area (Å²) < 4.78 is 0. The first-order valence-corrected chi connectivity index (χ1v) is 20.3. The molecule has 0 radical (unpaired) electrons. The largest absolute Gasteiger partial charge is 0.179 e. The highest BCUT2D eigenvalue weighted by atomic mass is 28.3. The van der Waals surface area contributed by atoms with Gasteiger partial charge in [-0.05, 0) is 77.4 Å². The summed E-state index contributed by atoms with van der Waals surface area (Å²) in [7, 11) is -2.72. The zero-order chi connectivity index (χ0) is 35.7. The first-order valence-electron chi connectivity index (χ1n) is 18.3. The summed E-state index contributed by atoms with van der Waals surface area (Å²) in [6.07, 6.45) is 4.64. The summed E-state index contributed by atoms with van der Waals surface area (Å²) in [5, 5.41) is 5.43. The molecule has 0 nitrogen and oxygen atoms in total. The van der Waals surface area contributed by atoms with Crippen LogP contribution < -0.4 is 20.7 Å². The van der Waals surface area contributed by atoms with Crippen LogP contribution in [0.4, 0.5) is 0 Å². The van der Waals surface area contributed by atoms with Crippen molar-refractivity contribution >= 4 is 52.1 Å². The fraction of sp³-hybridized carbons (Fsp3) is 0. The molecular formula is C52H40Si. The van der Waals surface area contributed by atoms with E-state index in [0.29, 0.717) is 0 Å². The van der Waals surface area contributed by atoms with E-state index in [1.165, 1.54) is 65.3 Å². The lowest BCUT2D eigenvalue weighted by Crippen LogP contribution is -2.74. The van der Waals surface area contributed by atoms with Gasteiger partial charge in [-0.1, -0.05) is 231 Å². The van der Waals surface area contributed by atoms with Gasteiger partial charge in [0.2, 0.25) is 0 Å². The second-order valence-electron chi connectivity index (χ2n) is 13.3. The van der Waals surface area contributed by atoms with Crippen LogP contribution in [0.25, 0.3) is 23.3 Å². The molecule has 0 unspecified atom stereocenters. The standard InChI is InChI=1S/C52H40Si/c1-7-19-43(20-8-1)51(44-21-9-2-10-22-44)39-41-31-35-49(36-32-41)53(47-27-15-5-16-28-47,48-29-17-6-18-30-48)50-37-33-42(34-38-50)40-52(45-23-11-3-12-24-45)46-25-13-4-14-26-46/h1-40H. The minimum absolute atomic E-state index is 1.18. The second-order valence-corrected chi connectivity index (χ2v) is 17.1. The second kappa shape index (κ2) is 15.8. The molecule has 252 valence electrons. The van der Waals surface area contributed by atoms with Crippen LogP contribution >= 0.6 is 0 Å². The summed E-state index contributed by atoms with van der Waals surface area (Å²) in [5.74, 6) is 0. The van der Waals surface area contributed by atoms with Crippen LogP contribution in [0.5, 0.6) is 0 Å². The Kier molecular flexibility index (Phi) is 10.0. The van der Waals surface area contributed by atoms with Gasteiger partial charge >= 0.3 is 0 Å². The van der Waals surface area contributed by atoms with Gasteiger partial charge in [0.05, 0.1) is 0 Å². The molecule has 0 aliphatic heterocycles. The molecule has 0 saturated carbocycles. The van der Waals surface area contributed by atoms with E-state index in [2.05, 4.69) is 243 Å². The van der Waals surface area contributed by atoms with Crippen LogP contribution in [0.3, 0.4) is 0 Å². The van der Waals surface area contributed by atoms with Crippen LogP contribution in [0.1, 0.15) is 33.4 Å². The Morgan fingerprint density at radius 1 is 0.245 bits per heavy atom. The third-order valence-corrected chi connectivity index (χ3v) is 14.9. The number of rotatable bonds is 10. The number of hydrogen-bond donors (Lipinski definition) is 0. The average molecular weight is 693 g/mol. The third-order valence-electron chi connectivity index (χ3n) is 10.1. The summed E-state index contributed by atoms with van der Waals surface area (Å²) in [5.41, 5.74) is 9.60. The molecule has 0 aliphatic rings. The Bertz CT molecular complexity index is 2160. The van der Waals surface area contributed by atoms with E-state index in [-0.39, 0.29) is 0 Å². The fourth-order valence-corrected chi connectivity index (χ4v) is 12.2. The summed E-state index contributed by atoms with van der Waals surface area (Å²) >= 11 is 0. The highest BCUT2D eigenvalue weighted by Crippen LogP contribution is 2.27. The van der Waals surface area contributed by atoms with Crippen molar-refractivity contribution in [2.24, 2.45) is 0 Å². The monoisotopic (exact) mass is 692 g/mol. The van der Waals surface area contributed by atoms with Crippen molar-refractivity contribution in [1.29, 1.82) is 0 Å². The van der Waals surface area contributed by atoms with Crippen LogP contribution in [-0.4, -0.2) is 8.07 Å². The maximum absolute atomic E-state index is 2.72. The van der Waals surface area contributed by atoms with E-state index in [1.54, 1.807) is 0 Å². The van der Waals surface area contributed by atoms with Gasteiger partial charge in [-0.25, -0.2) is 0 Å². The molecule has 0 N–H and O–H groups in total. The van der Waals surface area contributed by atoms with Gasteiger partial charge in [0, 0.05) is 0 Å². The molecule has 0 amide bonds. The molecule has 0 spiro atoms. The van der Waals surface area contributed by atoms with Gasteiger partial charge in [0.25, 0.3) is 0 Å². The minimum atomic E-state index is -2.72. The predicted octanol–water partition coefficient (Wildman–Crippen LogP) is 10.2. The van der Waals surface area contributed by atoms with E-state index in [1.807, 2.05) is 0 Å². The topological polar surface area (TPSA) is 0 Å². The van der Waals surface area contributed by atoms with Crippen LogP contribution in [-0.2, 0) is 0 Å². The smallest absolute Gasteiger partial charge is 0.0623 e. The lowest BCUT2D eigenvalue weighted by atomic mass is 9.96. The molecular weight excluding hydrogens is 653 g/mol. The summed E-state index contributed by atoms with van der Waals surface area (Å²) in [6, 6.07) is 83.8. The van der Waals surface area contributed by atoms with Crippen molar-refractivity contribution in [2.75, 3.05) is 0 Å². The normalized spacial score (nSPS) is 11.0. The quantitative estimate of drug-likeness (QED) is 0.0761. The van der Waals surface area contributed by atoms with Crippen LogP contribution in [0.15, 0.2) is 231 Å². The minimum Gasteiger partial charge on any atom is -0.0623 e. The maximum atomic E-state index is 2.38. The zero-order valence-corrected chi connectivity index (χ0v) is 30.6. The van der Waals surface area contributed by atoms with Gasteiger partial charge < -0.3 is 0 Å². The van der Waals surface area contributed by atoms with Crippen molar-refractivity contribution < 1.29 is 0 Å². The number of benzene rings is 8. The fourth-order valence-electron chi connectivity index (χ4n) is 7.51. The molecule has 0 bridgehead atoms. The van der Waals surface area contributed by atoms with Gasteiger partial charge in [0.1, 0.15) is 0 Å². The van der Waals surface area contributed by atoms with Crippen molar-refractivity contribution in [1.82, 2.24) is 0 Å². The lowest BCUT2D eigenvalue weighted by molar-refractivity contribution is 1.55. The third kappa shape index (κ3) is 7.17. The summed E-state index contributed by atoms with van der Waals surface area (Å²) in [4.78, 5) is 0. The molecule has 0 aromatic heterocycles. The van der Waals surface area contributed by atoms with Crippen molar-refractivity contribution in [3.63, 3.8) is 0 Å². The first kappa shape index (κ1) is 33.6. The van der Waals surface area contributed by atoms with E-state index in [9.17, 15) is 0 Å². The van der Waals surface area contributed by atoms with E-state index >= 15 is 0 Å². The predicted molar refractivity (Wildman–Crippen MR) is 230 cm³/mol. The molecule has 1 heteroatoms. The first-order chi connectivity index (χ1) is 26.3. The van der Waals surface area contributed by atoms with Crippen molar-refractivity contribution in [3.05, 3.63) is 264 Å². The molecule has 53 heavy (non-hydrogen) atoms. The molecule has 0 atom stereocenters. The number of hydrogen-bond acceptors (Lipinski definition) is 0. The van der Waals surface area contributed by atoms with Gasteiger partial charge in [-0.3, -0.25) is 0 Å². The molecule has 0 heterocycles. The van der Waals surface area contributed by atoms with E-state index < -0.39 is 8.07 Å². The summed E-state index contributed by atoms with van der Waals surface area (Å²) in [6.45, 7) is 0. The van der Waals surface area contributed by atoms with E-state index in [0.717, 1.165) is 0 Å². The Morgan fingerprint density at radius 3 is 0.736 bits per heavy atom. The Labute approximate surface area is 314 Å². The SMILES string of the molecule is C(=C(c1ccccc1)c1ccccc1)c1ccc([Si](c2ccccc2)(c2ccccc2)c2ccc(C=C(c3ccccc3)c3ccccc3)cc2)cc1. The van der Waals surface area contributed by atoms with E-state index in [4.69, 9.17) is 0 Å². The Balaban J connectivity index is 1.27. The lowest BCUT2D eigenvalue weighted by Gasteiger charge is -2.34. The average Bonchev–Trinajstić information content (AvgIpc) is 3.25. The molecule has 8 aromatic rings. The Hall–Kier alpha value is -6.54. The van der Waals surface area contributed by atoms with Crippen molar-refractivity contribution in [3.8, 4) is 0 Å². The Morgan fingerprint density at radius 2 is 0.472 bits per heavy atom. The van der Waals surface area contributed by atoms with Gasteiger partial charge in [-0.15, -0.1) is 0 Å². The van der Waals surface area contributed by atoms with Gasteiger partial charge in [-0.2, -0.15) is 0 Å². The zero-order valence-electron chi connectivity index (χ0n) is 29.6. The maximum Gasteiger partial charge on any atom is 0.179 e. The van der Waals surface area contributed by atoms with Crippen molar-refractivity contribution in [2.45, 2.75) is 0 Å². The highest BCUT2D eigenvalue weighted by Gasteiger charge is 2.41. The van der Waals surface area contributed by atoms with Crippen LogP contribution in [0, 0.1) is 0 Å². The van der Waals surface area contributed by atoms with Gasteiger partial charge in [0.15, 0.2) is 8.07 Å². The molecule has 0 saturated heterocycles. The molecule has 8 rings (SSSR count). The highest BCUT2D eigenvalue weighted by molar-refractivity contribution is 7.19. The molecule has 0 aliphatic carbocycles.